The minimum Gasteiger partial charge on any atom is -0.298 e. The number of rotatable bonds is 4. The molecule has 2 aliphatic rings. The summed E-state index contributed by atoms with van der Waals surface area (Å²) in [5.41, 5.74) is 0.167. The van der Waals surface area contributed by atoms with Crippen molar-refractivity contribution in [2.75, 3.05) is 12.3 Å². The molecular weight excluding hydrogens is 230 g/mol. The summed E-state index contributed by atoms with van der Waals surface area (Å²) in [4.78, 5) is 14.8. The predicted octanol–water partition coefficient (Wildman–Crippen LogP) is 2.96. The van der Waals surface area contributed by atoms with Crippen molar-refractivity contribution in [3.8, 4) is 0 Å². The molecule has 0 aliphatic carbocycles. The van der Waals surface area contributed by atoms with E-state index >= 15 is 0 Å². The third kappa shape index (κ3) is 2.28. The van der Waals surface area contributed by atoms with Crippen LogP contribution in [0.25, 0.3) is 0 Å². The summed E-state index contributed by atoms with van der Waals surface area (Å²) < 4.78 is 0. The van der Waals surface area contributed by atoms with Gasteiger partial charge in [0, 0.05) is 23.8 Å². The highest BCUT2D eigenvalue weighted by Crippen LogP contribution is 2.45. The number of carbonyl (C=O) groups is 1. The Labute approximate surface area is 110 Å². The van der Waals surface area contributed by atoms with Gasteiger partial charge in [0.1, 0.15) is 0 Å². The number of ketones is 1. The van der Waals surface area contributed by atoms with Gasteiger partial charge < -0.3 is 0 Å². The Morgan fingerprint density at radius 2 is 2.12 bits per heavy atom. The number of Topliss-reactive ketones (excluding diaryl/α,β-unsaturated/α-hetero) is 1. The van der Waals surface area contributed by atoms with E-state index in [0.29, 0.717) is 17.5 Å². The molecule has 0 spiro atoms. The first kappa shape index (κ1) is 13.4. The van der Waals surface area contributed by atoms with E-state index < -0.39 is 0 Å². The fourth-order valence-corrected chi connectivity index (χ4v) is 4.82. The van der Waals surface area contributed by atoms with E-state index in [1.807, 2.05) is 18.7 Å². The number of carbonyl (C=O) groups excluding carboxylic acids is 1. The highest BCUT2D eigenvalue weighted by atomic mass is 32.2. The van der Waals surface area contributed by atoms with Gasteiger partial charge in [-0.25, -0.2) is 0 Å². The summed E-state index contributed by atoms with van der Waals surface area (Å²) in [6.07, 6.45) is 3.11. The van der Waals surface area contributed by atoms with Gasteiger partial charge in [-0.2, -0.15) is 11.8 Å². The van der Waals surface area contributed by atoms with Gasteiger partial charge in [-0.3, -0.25) is 9.69 Å². The lowest BCUT2D eigenvalue weighted by Crippen LogP contribution is -2.51. The van der Waals surface area contributed by atoms with Crippen LogP contribution in [0.5, 0.6) is 0 Å². The summed E-state index contributed by atoms with van der Waals surface area (Å²) in [6, 6.07) is 0.187. The second kappa shape index (κ2) is 4.93. The number of hydrogen-bond donors (Lipinski definition) is 0. The van der Waals surface area contributed by atoms with Crippen LogP contribution in [-0.4, -0.2) is 39.8 Å². The van der Waals surface area contributed by atoms with Crippen LogP contribution in [0.1, 0.15) is 47.0 Å². The molecule has 2 rings (SSSR count). The van der Waals surface area contributed by atoms with E-state index in [1.165, 1.54) is 12.2 Å². The van der Waals surface area contributed by atoms with E-state index in [9.17, 15) is 4.79 Å². The van der Waals surface area contributed by atoms with Gasteiger partial charge in [0.2, 0.25) is 0 Å². The molecule has 0 radical (unpaired) electrons. The first-order valence-corrected chi connectivity index (χ1v) is 7.97. The average molecular weight is 255 g/mol. The monoisotopic (exact) mass is 255 g/mol. The van der Waals surface area contributed by atoms with Gasteiger partial charge in [0.25, 0.3) is 0 Å². The van der Waals surface area contributed by atoms with Crippen molar-refractivity contribution in [2.24, 2.45) is 5.92 Å². The maximum atomic E-state index is 12.3. The lowest BCUT2D eigenvalue weighted by atomic mass is 9.96. The molecule has 17 heavy (non-hydrogen) atoms. The molecule has 3 heteroatoms. The Bertz CT molecular complexity index is 303. The van der Waals surface area contributed by atoms with Crippen molar-refractivity contribution >= 4 is 17.5 Å². The summed E-state index contributed by atoms with van der Waals surface area (Å²) in [6.45, 7) is 9.94. The fourth-order valence-electron chi connectivity index (χ4n) is 3.14. The van der Waals surface area contributed by atoms with Crippen LogP contribution in [0.4, 0.5) is 0 Å². The number of likely N-dealkylation sites (tertiary alicyclic amines) is 1. The van der Waals surface area contributed by atoms with Gasteiger partial charge in [-0.15, -0.1) is 0 Å². The van der Waals surface area contributed by atoms with E-state index in [1.54, 1.807) is 0 Å². The number of thioether (sulfide) groups is 1. The van der Waals surface area contributed by atoms with Gasteiger partial charge in [0.15, 0.2) is 5.78 Å². The van der Waals surface area contributed by atoms with Crippen molar-refractivity contribution < 1.29 is 4.79 Å². The van der Waals surface area contributed by atoms with E-state index in [0.717, 1.165) is 18.9 Å². The van der Waals surface area contributed by atoms with Gasteiger partial charge in [-0.05, 0) is 38.4 Å². The first-order chi connectivity index (χ1) is 8.01. The van der Waals surface area contributed by atoms with Crippen LogP contribution in [0.15, 0.2) is 0 Å². The van der Waals surface area contributed by atoms with Crippen LogP contribution < -0.4 is 0 Å². The molecule has 3 unspecified atom stereocenters. The molecule has 2 aliphatic heterocycles. The maximum absolute atomic E-state index is 12.3. The molecule has 2 heterocycles. The summed E-state index contributed by atoms with van der Waals surface area (Å²) in [5.74, 6) is 2.46. The SMILES string of the molecule is CCC(=O)C1C2SCCC2CN1C(C)(C)CC. The normalized spacial score (nSPS) is 34.0. The van der Waals surface area contributed by atoms with Crippen molar-refractivity contribution in [1.82, 2.24) is 4.90 Å². The highest BCUT2D eigenvalue weighted by Gasteiger charge is 2.50. The molecular formula is C14H25NOS. The minimum absolute atomic E-state index is 0.167. The molecule has 0 saturated carbocycles. The largest absolute Gasteiger partial charge is 0.298 e. The van der Waals surface area contributed by atoms with Crippen molar-refractivity contribution in [3.05, 3.63) is 0 Å². The van der Waals surface area contributed by atoms with Gasteiger partial charge in [0.05, 0.1) is 6.04 Å². The third-order valence-corrected chi connectivity index (χ3v) is 6.16. The van der Waals surface area contributed by atoms with Crippen LogP contribution >= 0.6 is 11.8 Å². The zero-order valence-corrected chi connectivity index (χ0v) is 12.3. The molecule has 0 aromatic heterocycles. The van der Waals surface area contributed by atoms with Crippen LogP contribution in [0, 0.1) is 5.92 Å². The van der Waals surface area contributed by atoms with Gasteiger partial charge >= 0.3 is 0 Å². The minimum atomic E-state index is 0.167. The fraction of sp³-hybridized carbons (Fsp3) is 0.929. The molecule has 3 atom stereocenters. The second-order valence-electron chi connectivity index (χ2n) is 5.97. The molecule has 2 saturated heterocycles. The summed E-state index contributed by atoms with van der Waals surface area (Å²) in [5, 5.41) is 0.577. The van der Waals surface area contributed by atoms with Crippen LogP contribution in [-0.2, 0) is 4.79 Å². The second-order valence-corrected chi connectivity index (χ2v) is 7.25. The van der Waals surface area contributed by atoms with Crippen molar-refractivity contribution in [3.63, 3.8) is 0 Å². The van der Waals surface area contributed by atoms with Crippen molar-refractivity contribution in [1.29, 1.82) is 0 Å². The van der Waals surface area contributed by atoms with Crippen LogP contribution in [0.3, 0.4) is 0 Å². The predicted molar refractivity (Wildman–Crippen MR) is 74.5 cm³/mol. The molecule has 2 fully saturated rings. The summed E-state index contributed by atoms with van der Waals surface area (Å²) in [7, 11) is 0. The Balaban J connectivity index is 2.23. The standard InChI is InChI=1S/C14H25NOS/c1-5-11(16)12-13-10(7-8-17-13)9-15(12)14(3,4)6-2/h10,12-13H,5-9H2,1-4H3. The Hall–Kier alpha value is -0.0200. The zero-order valence-electron chi connectivity index (χ0n) is 11.5. The Morgan fingerprint density at radius 1 is 1.41 bits per heavy atom. The lowest BCUT2D eigenvalue weighted by molar-refractivity contribution is -0.124. The number of fused-ring (bicyclic) bond motifs is 1. The molecule has 0 aromatic carbocycles. The molecule has 0 N–H and O–H groups in total. The number of nitrogens with zero attached hydrogens (tertiary/aromatic N) is 1. The molecule has 2 nitrogen and oxygen atoms in total. The summed E-state index contributed by atoms with van der Waals surface area (Å²) >= 11 is 2.03. The Kier molecular flexibility index (Phi) is 3.89. The topological polar surface area (TPSA) is 20.3 Å². The average Bonchev–Trinajstić information content (AvgIpc) is 2.87. The van der Waals surface area contributed by atoms with Crippen molar-refractivity contribution in [2.45, 2.75) is 63.8 Å². The lowest BCUT2D eigenvalue weighted by Gasteiger charge is -2.39. The smallest absolute Gasteiger partial charge is 0.150 e. The molecule has 98 valence electrons. The first-order valence-electron chi connectivity index (χ1n) is 6.92. The highest BCUT2D eigenvalue weighted by molar-refractivity contribution is 8.00. The van der Waals surface area contributed by atoms with Gasteiger partial charge in [-0.1, -0.05) is 13.8 Å². The Morgan fingerprint density at radius 3 is 2.71 bits per heavy atom. The zero-order chi connectivity index (χ0) is 12.6. The molecule has 0 aromatic rings. The van der Waals surface area contributed by atoms with Crippen LogP contribution in [0.2, 0.25) is 0 Å². The van der Waals surface area contributed by atoms with E-state index in [4.69, 9.17) is 0 Å². The van der Waals surface area contributed by atoms with E-state index in [-0.39, 0.29) is 11.6 Å². The molecule has 0 bridgehead atoms. The quantitative estimate of drug-likeness (QED) is 0.770. The number of hydrogen-bond acceptors (Lipinski definition) is 3. The third-order valence-electron chi connectivity index (χ3n) is 4.66. The molecule has 0 amide bonds. The van der Waals surface area contributed by atoms with E-state index in [2.05, 4.69) is 25.7 Å². The maximum Gasteiger partial charge on any atom is 0.150 e.